The first-order valence-corrected chi connectivity index (χ1v) is 9.80. The number of carbonyl (C=O) groups excluding carboxylic acids is 1. The van der Waals surface area contributed by atoms with Crippen molar-refractivity contribution in [3.05, 3.63) is 71.5 Å². The van der Waals surface area contributed by atoms with Crippen molar-refractivity contribution in [2.24, 2.45) is 0 Å². The van der Waals surface area contributed by atoms with E-state index in [2.05, 4.69) is 35.2 Å². The quantitative estimate of drug-likeness (QED) is 0.480. The predicted molar refractivity (Wildman–Crippen MR) is 112 cm³/mol. The lowest BCUT2D eigenvalue weighted by Crippen LogP contribution is -2.11. The minimum Gasteiger partial charge on any atom is -0.321 e. The Bertz CT molecular complexity index is 1340. The van der Waals surface area contributed by atoms with Gasteiger partial charge < -0.3 is 5.32 Å². The van der Waals surface area contributed by atoms with Crippen LogP contribution in [-0.4, -0.2) is 40.3 Å². The Hall–Kier alpha value is -4.05. The van der Waals surface area contributed by atoms with Crippen molar-refractivity contribution in [1.82, 2.24) is 34.4 Å². The molecule has 0 aliphatic rings. The van der Waals surface area contributed by atoms with Gasteiger partial charge in [0.05, 0.1) is 11.4 Å². The van der Waals surface area contributed by atoms with Crippen molar-refractivity contribution in [3.63, 3.8) is 0 Å². The van der Waals surface area contributed by atoms with Crippen LogP contribution >= 0.6 is 11.5 Å². The average Bonchev–Trinajstić information content (AvgIpc) is 3.40. The molecule has 0 saturated carbocycles. The van der Waals surface area contributed by atoms with Crippen LogP contribution in [0.1, 0.15) is 15.4 Å². The molecule has 0 aliphatic carbocycles. The van der Waals surface area contributed by atoms with Gasteiger partial charge in [0.1, 0.15) is 4.88 Å². The highest BCUT2D eigenvalue weighted by atomic mass is 32.1. The van der Waals surface area contributed by atoms with Crippen LogP contribution in [0.3, 0.4) is 0 Å². The summed E-state index contributed by atoms with van der Waals surface area (Å²) in [6.45, 7) is 1.76. The summed E-state index contributed by atoms with van der Waals surface area (Å²) in [5, 5.41) is 19.8. The molecular weight excluding hydrogens is 400 g/mol. The zero-order chi connectivity index (χ0) is 20.5. The zero-order valence-electron chi connectivity index (χ0n) is 15.7. The van der Waals surface area contributed by atoms with Gasteiger partial charge in [-0.2, -0.15) is 9.61 Å². The van der Waals surface area contributed by atoms with E-state index in [1.165, 1.54) is 0 Å². The van der Waals surface area contributed by atoms with Crippen molar-refractivity contribution in [1.29, 1.82) is 0 Å². The maximum absolute atomic E-state index is 12.3. The summed E-state index contributed by atoms with van der Waals surface area (Å²) in [6.07, 6.45) is 3.43. The summed E-state index contributed by atoms with van der Waals surface area (Å²) in [4.78, 5) is 17.0. The Morgan fingerprint density at radius 2 is 1.87 bits per heavy atom. The lowest BCUT2D eigenvalue weighted by Gasteiger charge is -2.06. The van der Waals surface area contributed by atoms with Crippen LogP contribution in [0.15, 0.2) is 60.9 Å². The number of benzene rings is 1. The molecule has 30 heavy (non-hydrogen) atoms. The predicted octanol–water partition coefficient (Wildman–Crippen LogP) is 3.27. The van der Waals surface area contributed by atoms with E-state index < -0.39 is 0 Å². The molecule has 0 fully saturated rings. The molecule has 0 unspecified atom stereocenters. The second-order valence-electron chi connectivity index (χ2n) is 6.47. The van der Waals surface area contributed by atoms with Crippen LogP contribution in [0.25, 0.3) is 28.3 Å². The smallest absolute Gasteiger partial charge is 0.269 e. The molecule has 4 aromatic heterocycles. The number of rotatable bonds is 4. The summed E-state index contributed by atoms with van der Waals surface area (Å²) in [5.41, 5.74) is 4.43. The largest absolute Gasteiger partial charge is 0.321 e. The second kappa shape index (κ2) is 7.41. The van der Waals surface area contributed by atoms with Crippen molar-refractivity contribution in [2.45, 2.75) is 6.92 Å². The standard InChI is InChI=1S/C20H14N8OS/c1-12-18(30-27-23-12)20(29)22-15-6-4-13(5-7-15)16-8-9-17-24-25-19(28(17)26-16)14-3-2-10-21-11-14/h2-11H,1H3,(H,22,29). The summed E-state index contributed by atoms with van der Waals surface area (Å²) in [5.74, 6) is 0.401. The van der Waals surface area contributed by atoms with E-state index in [1.807, 2.05) is 48.5 Å². The minimum atomic E-state index is -0.222. The summed E-state index contributed by atoms with van der Waals surface area (Å²) in [6, 6.07) is 15.0. The number of amides is 1. The van der Waals surface area contributed by atoms with Gasteiger partial charge in [0, 0.05) is 29.2 Å². The van der Waals surface area contributed by atoms with Gasteiger partial charge in [-0.25, -0.2) is 0 Å². The molecule has 0 bridgehead atoms. The molecule has 5 rings (SSSR count). The third-order valence-corrected chi connectivity index (χ3v) is 5.31. The molecule has 1 amide bonds. The number of nitrogens with one attached hydrogen (secondary N) is 1. The highest BCUT2D eigenvalue weighted by Crippen LogP contribution is 2.23. The van der Waals surface area contributed by atoms with Crippen LogP contribution in [0.5, 0.6) is 0 Å². The number of carbonyl (C=O) groups is 1. The van der Waals surface area contributed by atoms with Crippen molar-refractivity contribution in [3.8, 4) is 22.6 Å². The first-order valence-electron chi connectivity index (χ1n) is 9.02. The number of anilines is 1. The van der Waals surface area contributed by atoms with Gasteiger partial charge >= 0.3 is 0 Å². The number of hydrogen-bond donors (Lipinski definition) is 1. The normalized spacial score (nSPS) is 11.0. The molecule has 1 N–H and O–H groups in total. The molecule has 10 heteroatoms. The number of nitrogens with zero attached hydrogens (tertiary/aromatic N) is 7. The third-order valence-electron chi connectivity index (χ3n) is 4.48. The fourth-order valence-corrected chi connectivity index (χ4v) is 3.52. The lowest BCUT2D eigenvalue weighted by atomic mass is 10.1. The topological polar surface area (TPSA) is 111 Å². The van der Waals surface area contributed by atoms with Gasteiger partial charge in [0.15, 0.2) is 11.5 Å². The van der Waals surface area contributed by atoms with E-state index in [9.17, 15) is 4.79 Å². The minimum absolute atomic E-state index is 0.222. The summed E-state index contributed by atoms with van der Waals surface area (Å²) >= 11 is 1.08. The number of aryl methyl sites for hydroxylation is 1. The van der Waals surface area contributed by atoms with Gasteiger partial charge in [-0.3, -0.25) is 9.78 Å². The molecule has 0 aliphatic heterocycles. The van der Waals surface area contributed by atoms with Gasteiger partial charge in [-0.05, 0) is 54.9 Å². The summed E-state index contributed by atoms with van der Waals surface area (Å²) < 4.78 is 5.49. The van der Waals surface area contributed by atoms with Gasteiger partial charge in [0.2, 0.25) is 0 Å². The van der Waals surface area contributed by atoms with E-state index in [4.69, 9.17) is 0 Å². The first-order chi connectivity index (χ1) is 14.7. The average molecular weight is 414 g/mol. The molecule has 5 aromatic rings. The first kappa shape index (κ1) is 18.0. The van der Waals surface area contributed by atoms with Crippen molar-refractivity contribution in [2.75, 3.05) is 5.32 Å². The Labute approximate surface area is 174 Å². The summed E-state index contributed by atoms with van der Waals surface area (Å²) in [7, 11) is 0. The Morgan fingerprint density at radius 3 is 2.60 bits per heavy atom. The van der Waals surface area contributed by atoms with Crippen LogP contribution in [0.4, 0.5) is 5.69 Å². The number of pyridine rings is 1. The maximum atomic E-state index is 12.3. The third kappa shape index (κ3) is 3.29. The SMILES string of the molecule is Cc1nnsc1C(=O)Nc1ccc(-c2ccc3nnc(-c4cccnc4)n3n2)cc1. The molecule has 1 aromatic carbocycles. The number of aromatic nitrogens is 7. The van der Waals surface area contributed by atoms with Crippen molar-refractivity contribution < 1.29 is 4.79 Å². The van der Waals surface area contributed by atoms with Gasteiger partial charge in [0.25, 0.3) is 5.91 Å². The molecular formula is C20H14N8OS. The fraction of sp³-hybridized carbons (Fsp3) is 0.0500. The van der Waals surface area contributed by atoms with E-state index in [1.54, 1.807) is 23.8 Å². The van der Waals surface area contributed by atoms with E-state index in [0.717, 1.165) is 28.4 Å². The molecule has 0 saturated heterocycles. The molecule has 146 valence electrons. The monoisotopic (exact) mass is 414 g/mol. The molecule has 0 radical (unpaired) electrons. The number of fused-ring (bicyclic) bond motifs is 1. The van der Waals surface area contributed by atoms with E-state index in [-0.39, 0.29) is 5.91 Å². The van der Waals surface area contributed by atoms with Crippen LogP contribution in [0, 0.1) is 6.92 Å². The number of hydrogen-bond acceptors (Lipinski definition) is 8. The second-order valence-corrected chi connectivity index (χ2v) is 7.23. The van der Waals surface area contributed by atoms with Crippen molar-refractivity contribution >= 4 is 28.8 Å². The molecule has 4 heterocycles. The molecule has 0 atom stereocenters. The van der Waals surface area contributed by atoms with E-state index >= 15 is 0 Å². The Morgan fingerprint density at radius 1 is 1.00 bits per heavy atom. The maximum Gasteiger partial charge on any atom is 0.269 e. The molecule has 0 spiro atoms. The lowest BCUT2D eigenvalue weighted by molar-refractivity contribution is 0.103. The molecule has 9 nitrogen and oxygen atoms in total. The highest BCUT2D eigenvalue weighted by Gasteiger charge is 2.14. The zero-order valence-corrected chi connectivity index (χ0v) is 16.5. The Kier molecular flexibility index (Phi) is 4.45. The van der Waals surface area contributed by atoms with Gasteiger partial charge in [-0.1, -0.05) is 16.6 Å². The van der Waals surface area contributed by atoms with Crippen LogP contribution in [-0.2, 0) is 0 Å². The highest BCUT2D eigenvalue weighted by molar-refractivity contribution is 7.08. The van der Waals surface area contributed by atoms with E-state index in [0.29, 0.717) is 27.7 Å². The van der Waals surface area contributed by atoms with Crippen LogP contribution < -0.4 is 5.32 Å². The Balaban J connectivity index is 1.43. The fourth-order valence-electron chi connectivity index (χ4n) is 2.97. The van der Waals surface area contributed by atoms with Gasteiger partial charge in [-0.15, -0.1) is 15.3 Å². The van der Waals surface area contributed by atoms with Crippen LogP contribution in [0.2, 0.25) is 0 Å².